The molecule has 1 aromatic rings. The molecule has 2 N–H and O–H groups in total. The van der Waals surface area contributed by atoms with E-state index in [1.165, 1.54) is 6.07 Å². The van der Waals surface area contributed by atoms with E-state index < -0.39 is 11.6 Å². The third kappa shape index (κ3) is 7.15. The molecule has 0 aromatic heterocycles. The van der Waals surface area contributed by atoms with Gasteiger partial charge in [0.05, 0.1) is 25.8 Å². The monoisotopic (exact) mass is 496 g/mol. The highest BCUT2D eigenvalue weighted by Gasteiger charge is 2.23. The summed E-state index contributed by atoms with van der Waals surface area (Å²) in [5.74, 6) is -1.01. The molecular weight excluding hydrogens is 465 g/mol. The highest BCUT2D eigenvalue weighted by Crippen LogP contribution is 2.16. The number of nitrogens with one attached hydrogen (secondary N) is 2. The molecule has 0 amide bonds. The van der Waals surface area contributed by atoms with E-state index in [9.17, 15) is 8.78 Å². The zero-order valence-corrected chi connectivity index (χ0v) is 18.8. The van der Waals surface area contributed by atoms with Gasteiger partial charge in [-0.25, -0.2) is 8.78 Å². The van der Waals surface area contributed by atoms with Crippen molar-refractivity contribution in [3.8, 4) is 0 Å². The van der Waals surface area contributed by atoms with Crippen LogP contribution in [0.3, 0.4) is 0 Å². The summed E-state index contributed by atoms with van der Waals surface area (Å²) in [7, 11) is 0. The lowest BCUT2D eigenvalue weighted by Crippen LogP contribution is -2.49. The Morgan fingerprint density at radius 1 is 1.33 bits per heavy atom. The second kappa shape index (κ2) is 11.8. The predicted molar refractivity (Wildman–Crippen MR) is 116 cm³/mol. The Morgan fingerprint density at radius 3 is 2.70 bits per heavy atom. The number of benzene rings is 1. The van der Waals surface area contributed by atoms with E-state index in [2.05, 4.69) is 34.4 Å². The van der Waals surface area contributed by atoms with Crippen LogP contribution in [0.2, 0.25) is 0 Å². The minimum Gasteiger partial charge on any atom is -0.379 e. The number of aliphatic imine (C=N–C) groups is 1. The molecule has 0 aliphatic carbocycles. The number of nitrogens with zero attached hydrogens (tertiary/aromatic N) is 2. The van der Waals surface area contributed by atoms with E-state index in [1.54, 1.807) is 6.07 Å². The van der Waals surface area contributed by atoms with E-state index in [0.717, 1.165) is 32.4 Å². The molecule has 0 radical (unpaired) electrons. The maximum Gasteiger partial charge on any atom is 0.191 e. The first kappa shape index (κ1) is 24.0. The third-order valence-electron chi connectivity index (χ3n) is 4.64. The maximum atomic E-state index is 13.5. The van der Waals surface area contributed by atoms with Crippen molar-refractivity contribution >= 4 is 29.9 Å². The zero-order chi connectivity index (χ0) is 19.1. The van der Waals surface area contributed by atoms with E-state index >= 15 is 0 Å². The Morgan fingerprint density at radius 2 is 2.07 bits per heavy atom. The predicted octanol–water partition coefficient (Wildman–Crippen LogP) is 3.31. The Kier molecular flexibility index (Phi) is 10.5. The summed E-state index contributed by atoms with van der Waals surface area (Å²) < 4.78 is 32.1. The van der Waals surface area contributed by atoms with Gasteiger partial charge in [0.25, 0.3) is 0 Å². The third-order valence-corrected chi connectivity index (χ3v) is 4.64. The molecule has 1 saturated heterocycles. The molecule has 0 bridgehead atoms. The van der Waals surface area contributed by atoms with Gasteiger partial charge in [0, 0.05) is 25.2 Å². The summed E-state index contributed by atoms with van der Waals surface area (Å²) in [4.78, 5) is 7.07. The number of hydrogen-bond acceptors (Lipinski definition) is 3. The molecule has 154 valence electrons. The minimum atomic E-state index is -0.840. The fourth-order valence-electron chi connectivity index (χ4n) is 3.11. The van der Waals surface area contributed by atoms with Gasteiger partial charge in [-0.3, -0.25) is 9.89 Å². The van der Waals surface area contributed by atoms with Crippen LogP contribution < -0.4 is 10.6 Å². The lowest BCUT2D eigenvalue weighted by Gasteiger charge is -2.37. The number of hydrogen-bond donors (Lipinski definition) is 2. The second-order valence-electron chi connectivity index (χ2n) is 6.77. The SMILES string of the molecule is CCNC(=NCC(C)N1CCOCC1C)NC(C)c1ccc(F)c(F)c1.I. The summed E-state index contributed by atoms with van der Waals surface area (Å²) in [5, 5.41) is 6.46. The van der Waals surface area contributed by atoms with Gasteiger partial charge in [-0.15, -0.1) is 24.0 Å². The summed E-state index contributed by atoms with van der Waals surface area (Å²) in [5.41, 5.74) is 0.671. The first-order valence-electron chi connectivity index (χ1n) is 9.25. The topological polar surface area (TPSA) is 48.9 Å². The normalized spacial score (nSPS) is 20.5. The number of ether oxygens (including phenoxy) is 1. The van der Waals surface area contributed by atoms with Crippen LogP contribution in [0.15, 0.2) is 23.2 Å². The molecule has 1 fully saturated rings. The molecular formula is C19H31F2IN4O. The first-order chi connectivity index (χ1) is 12.4. The molecule has 0 saturated carbocycles. The van der Waals surface area contributed by atoms with Gasteiger partial charge in [-0.05, 0) is 45.4 Å². The molecule has 1 aliphatic rings. The van der Waals surface area contributed by atoms with Gasteiger partial charge in [0.1, 0.15) is 0 Å². The first-order valence-corrected chi connectivity index (χ1v) is 9.25. The van der Waals surface area contributed by atoms with Gasteiger partial charge in [0.15, 0.2) is 17.6 Å². The van der Waals surface area contributed by atoms with Crippen molar-refractivity contribution in [3.05, 3.63) is 35.4 Å². The second-order valence-corrected chi connectivity index (χ2v) is 6.77. The Labute approximate surface area is 178 Å². The van der Waals surface area contributed by atoms with Crippen LogP contribution in [-0.4, -0.2) is 55.8 Å². The Hall–Kier alpha value is -1.00. The van der Waals surface area contributed by atoms with Crippen LogP contribution >= 0.6 is 24.0 Å². The number of halogens is 3. The van der Waals surface area contributed by atoms with Crippen molar-refractivity contribution in [3.63, 3.8) is 0 Å². The molecule has 3 atom stereocenters. The molecule has 5 nitrogen and oxygen atoms in total. The molecule has 1 aromatic carbocycles. The van der Waals surface area contributed by atoms with Gasteiger partial charge >= 0.3 is 0 Å². The largest absolute Gasteiger partial charge is 0.379 e. The quantitative estimate of drug-likeness (QED) is 0.361. The highest BCUT2D eigenvalue weighted by atomic mass is 127. The van der Waals surface area contributed by atoms with Crippen LogP contribution in [0.25, 0.3) is 0 Å². The van der Waals surface area contributed by atoms with Crippen LogP contribution in [0, 0.1) is 11.6 Å². The smallest absolute Gasteiger partial charge is 0.191 e. The maximum absolute atomic E-state index is 13.5. The Balaban J connectivity index is 0.00000364. The summed E-state index contributed by atoms with van der Waals surface area (Å²) in [6, 6.07) is 4.43. The lowest BCUT2D eigenvalue weighted by atomic mass is 10.1. The fourth-order valence-corrected chi connectivity index (χ4v) is 3.11. The van der Waals surface area contributed by atoms with E-state index in [0.29, 0.717) is 30.2 Å². The fraction of sp³-hybridized carbons (Fsp3) is 0.632. The summed E-state index contributed by atoms with van der Waals surface area (Å²) in [6.45, 7) is 12.0. The molecule has 2 rings (SSSR count). The number of guanidine groups is 1. The van der Waals surface area contributed by atoms with E-state index in [-0.39, 0.29) is 30.0 Å². The average molecular weight is 496 g/mol. The van der Waals surface area contributed by atoms with Crippen molar-refractivity contribution < 1.29 is 13.5 Å². The van der Waals surface area contributed by atoms with Gasteiger partial charge in [-0.1, -0.05) is 6.07 Å². The van der Waals surface area contributed by atoms with Crippen molar-refractivity contribution in [1.29, 1.82) is 0 Å². The average Bonchev–Trinajstić information content (AvgIpc) is 2.62. The van der Waals surface area contributed by atoms with E-state index in [1.807, 2.05) is 13.8 Å². The number of morpholine rings is 1. The van der Waals surface area contributed by atoms with Crippen molar-refractivity contribution in [1.82, 2.24) is 15.5 Å². The molecule has 3 unspecified atom stereocenters. The molecule has 1 aliphatic heterocycles. The van der Waals surface area contributed by atoms with Gasteiger partial charge in [0.2, 0.25) is 0 Å². The molecule has 27 heavy (non-hydrogen) atoms. The van der Waals surface area contributed by atoms with Crippen LogP contribution in [0.5, 0.6) is 0 Å². The van der Waals surface area contributed by atoms with Crippen LogP contribution in [0.1, 0.15) is 39.3 Å². The standard InChI is InChI=1S/C19H30F2N4O.HI/c1-5-22-19(23-11-13(2)25-8-9-26-12-14(25)3)24-15(4)16-6-7-17(20)18(21)10-16;/h6-7,10,13-15H,5,8-9,11-12H2,1-4H3,(H2,22,23,24);1H. The summed E-state index contributed by atoms with van der Waals surface area (Å²) in [6.07, 6.45) is 0. The van der Waals surface area contributed by atoms with E-state index in [4.69, 9.17) is 4.74 Å². The van der Waals surface area contributed by atoms with Crippen molar-refractivity contribution in [2.75, 3.05) is 32.8 Å². The molecule has 0 spiro atoms. The zero-order valence-electron chi connectivity index (χ0n) is 16.5. The van der Waals surface area contributed by atoms with Gasteiger partial charge < -0.3 is 15.4 Å². The van der Waals surface area contributed by atoms with Gasteiger partial charge in [-0.2, -0.15) is 0 Å². The minimum absolute atomic E-state index is 0. The number of rotatable bonds is 6. The molecule has 1 heterocycles. The van der Waals surface area contributed by atoms with Crippen molar-refractivity contribution in [2.45, 2.75) is 45.8 Å². The highest BCUT2D eigenvalue weighted by molar-refractivity contribution is 14.0. The lowest BCUT2D eigenvalue weighted by molar-refractivity contribution is -0.0165. The van der Waals surface area contributed by atoms with Crippen LogP contribution in [0.4, 0.5) is 8.78 Å². The summed E-state index contributed by atoms with van der Waals surface area (Å²) >= 11 is 0. The van der Waals surface area contributed by atoms with Crippen LogP contribution in [-0.2, 0) is 4.74 Å². The van der Waals surface area contributed by atoms with Crippen molar-refractivity contribution in [2.24, 2.45) is 4.99 Å². The Bertz CT molecular complexity index is 617. The molecule has 8 heteroatoms.